The van der Waals surface area contributed by atoms with E-state index in [1.54, 1.807) is 0 Å². The lowest BCUT2D eigenvalue weighted by Crippen LogP contribution is -2.09. The van der Waals surface area contributed by atoms with E-state index in [-0.39, 0.29) is 0 Å². The molecule has 0 aliphatic carbocycles. The van der Waals surface area contributed by atoms with Crippen LogP contribution >= 0.6 is 0 Å². The van der Waals surface area contributed by atoms with Gasteiger partial charge in [0.25, 0.3) is 0 Å². The Labute approximate surface area is 334 Å². The lowest BCUT2D eigenvalue weighted by Gasteiger charge is -2.26. The highest BCUT2D eigenvalue weighted by molar-refractivity contribution is 6.06. The average Bonchev–Trinajstić information content (AvgIpc) is 3.30. The second-order valence-corrected chi connectivity index (χ2v) is 14.5. The fraction of sp³-hybridized carbons (Fsp3) is 0. The Balaban J connectivity index is 0.987. The fourth-order valence-electron chi connectivity index (χ4n) is 8.23. The third-order valence-electron chi connectivity index (χ3n) is 11.1. The highest BCUT2D eigenvalue weighted by Crippen LogP contribution is 2.40. The molecule has 57 heavy (non-hydrogen) atoms. The lowest BCUT2D eigenvalue weighted by atomic mass is 9.91. The molecule has 0 atom stereocenters. The highest BCUT2D eigenvalue weighted by Gasteiger charge is 2.15. The normalized spacial score (nSPS) is 11.2. The first kappa shape index (κ1) is 34.0. The van der Waals surface area contributed by atoms with Crippen molar-refractivity contribution in [1.29, 1.82) is 0 Å². The topological polar surface area (TPSA) is 3.24 Å². The Kier molecular flexibility index (Phi) is 8.95. The maximum atomic E-state index is 2.35. The molecule has 0 fully saturated rings. The summed E-state index contributed by atoms with van der Waals surface area (Å²) in [4.78, 5) is 2.35. The molecule has 0 aliphatic heterocycles. The molecular weight excluding hydrogens is 687 g/mol. The van der Waals surface area contributed by atoms with Gasteiger partial charge in [0, 0.05) is 17.1 Å². The quantitative estimate of drug-likeness (QED) is 0.151. The van der Waals surface area contributed by atoms with Crippen molar-refractivity contribution in [3.05, 3.63) is 237 Å². The van der Waals surface area contributed by atoms with Gasteiger partial charge in [0.1, 0.15) is 0 Å². The Bertz CT molecular complexity index is 2940. The summed E-state index contributed by atoms with van der Waals surface area (Å²) in [5, 5.41) is 5.04. The van der Waals surface area contributed by atoms with Crippen LogP contribution in [0.1, 0.15) is 0 Å². The predicted octanol–water partition coefficient (Wildman–Crippen LogP) is 15.8. The molecule has 0 saturated heterocycles. The van der Waals surface area contributed by atoms with Crippen LogP contribution in [0.3, 0.4) is 0 Å². The number of rotatable bonds is 8. The molecule has 10 aromatic carbocycles. The van der Waals surface area contributed by atoms with Gasteiger partial charge in [-0.05, 0) is 114 Å². The maximum absolute atomic E-state index is 2.35. The number of nitrogens with zero attached hydrogens (tertiary/aromatic N) is 1. The van der Waals surface area contributed by atoms with E-state index in [0.717, 1.165) is 17.1 Å². The van der Waals surface area contributed by atoms with Crippen LogP contribution in [-0.2, 0) is 0 Å². The molecule has 0 spiro atoms. The summed E-state index contributed by atoms with van der Waals surface area (Å²) < 4.78 is 0. The van der Waals surface area contributed by atoms with Crippen molar-refractivity contribution in [2.24, 2.45) is 0 Å². The molecule has 0 bridgehead atoms. The second-order valence-electron chi connectivity index (χ2n) is 14.5. The van der Waals surface area contributed by atoms with Crippen LogP contribution in [0.15, 0.2) is 237 Å². The van der Waals surface area contributed by atoms with Gasteiger partial charge < -0.3 is 4.90 Å². The van der Waals surface area contributed by atoms with Crippen LogP contribution in [0.5, 0.6) is 0 Å². The monoisotopic (exact) mass is 725 g/mol. The van der Waals surface area contributed by atoms with Gasteiger partial charge in [-0.3, -0.25) is 0 Å². The second kappa shape index (κ2) is 15.0. The van der Waals surface area contributed by atoms with Crippen molar-refractivity contribution in [3.8, 4) is 55.6 Å². The standard InChI is InChI=1S/C56H39N/c1-3-12-40(13-4-1)42-28-34-49(35-29-42)57(51-38-32-46(33-39-51)53-21-9-17-44-16-7-8-20-52(44)53)50-36-30-43(31-37-50)41-24-26-47(27-25-41)55-23-11-19-48-18-10-22-54(56(48)55)45-14-5-2-6-15-45/h1-39H. The van der Waals surface area contributed by atoms with Gasteiger partial charge in [0.05, 0.1) is 0 Å². The van der Waals surface area contributed by atoms with E-state index in [2.05, 4.69) is 241 Å². The van der Waals surface area contributed by atoms with E-state index in [9.17, 15) is 0 Å². The Morgan fingerprint density at radius 1 is 0.211 bits per heavy atom. The molecule has 268 valence electrons. The van der Waals surface area contributed by atoms with Gasteiger partial charge in [-0.15, -0.1) is 0 Å². The van der Waals surface area contributed by atoms with Crippen molar-refractivity contribution < 1.29 is 0 Å². The summed E-state index contributed by atoms with van der Waals surface area (Å²) in [5.41, 5.74) is 15.5. The molecule has 10 aromatic rings. The van der Waals surface area contributed by atoms with E-state index >= 15 is 0 Å². The van der Waals surface area contributed by atoms with Crippen LogP contribution in [0, 0.1) is 0 Å². The first-order chi connectivity index (χ1) is 28.3. The van der Waals surface area contributed by atoms with E-state index in [1.165, 1.54) is 77.2 Å². The summed E-state index contributed by atoms with van der Waals surface area (Å²) in [6.45, 7) is 0. The molecule has 1 heteroatoms. The van der Waals surface area contributed by atoms with Crippen LogP contribution in [0.25, 0.3) is 77.2 Å². The summed E-state index contributed by atoms with van der Waals surface area (Å²) in [6.07, 6.45) is 0. The van der Waals surface area contributed by atoms with E-state index in [4.69, 9.17) is 0 Å². The largest absolute Gasteiger partial charge is 0.311 e. The molecule has 0 saturated carbocycles. The van der Waals surface area contributed by atoms with Crippen LogP contribution < -0.4 is 4.90 Å². The van der Waals surface area contributed by atoms with E-state index < -0.39 is 0 Å². The molecule has 0 N–H and O–H groups in total. The number of hydrogen-bond acceptors (Lipinski definition) is 1. The number of anilines is 3. The molecule has 10 rings (SSSR count). The number of fused-ring (bicyclic) bond motifs is 2. The van der Waals surface area contributed by atoms with Crippen molar-refractivity contribution >= 4 is 38.6 Å². The fourth-order valence-corrected chi connectivity index (χ4v) is 8.23. The predicted molar refractivity (Wildman–Crippen MR) is 243 cm³/mol. The molecule has 0 radical (unpaired) electrons. The minimum Gasteiger partial charge on any atom is -0.311 e. The van der Waals surface area contributed by atoms with Gasteiger partial charge in [-0.2, -0.15) is 0 Å². The Morgan fingerprint density at radius 2 is 0.544 bits per heavy atom. The van der Waals surface area contributed by atoms with E-state index in [1.807, 2.05) is 0 Å². The van der Waals surface area contributed by atoms with Crippen molar-refractivity contribution in [3.63, 3.8) is 0 Å². The first-order valence-corrected chi connectivity index (χ1v) is 19.6. The Hall–Kier alpha value is -7.48. The molecule has 0 heterocycles. The zero-order valence-electron chi connectivity index (χ0n) is 31.5. The van der Waals surface area contributed by atoms with E-state index in [0.29, 0.717) is 0 Å². The lowest BCUT2D eigenvalue weighted by molar-refractivity contribution is 1.28. The van der Waals surface area contributed by atoms with Gasteiger partial charge in [0.2, 0.25) is 0 Å². The van der Waals surface area contributed by atoms with Crippen molar-refractivity contribution in [1.82, 2.24) is 0 Å². The van der Waals surface area contributed by atoms with Crippen LogP contribution in [-0.4, -0.2) is 0 Å². The molecule has 0 aromatic heterocycles. The van der Waals surface area contributed by atoms with Gasteiger partial charge in [-0.1, -0.05) is 200 Å². The number of benzene rings is 10. The molecule has 0 aliphatic rings. The average molecular weight is 726 g/mol. The summed E-state index contributed by atoms with van der Waals surface area (Å²) in [6, 6.07) is 85.5. The third-order valence-corrected chi connectivity index (χ3v) is 11.1. The SMILES string of the molecule is c1ccc(-c2ccc(N(c3ccc(-c4ccc(-c5cccc6cccc(-c7ccccc7)c56)cc4)cc3)c3ccc(-c4cccc5ccccc45)cc3)cc2)cc1. The molecular formula is C56H39N. The molecule has 0 unspecified atom stereocenters. The minimum atomic E-state index is 1.10. The van der Waals surface area contributed by atoms with Gasteiger partial charge >= 0.3 is 0 Å². The number of hydrogen-bond donors (Lipinski definition) is 0. The highest BCUT2D eigenvalue weighted by atomic mass is 15.1. The van der Waals surface area contributed by atoms with Gasteiger partial charge in [-0.25, -0.2) is 0 Å². The van der Waals surface area contributed by atoms with Crippen molar-refractivity contribution in [2.45, 2.75) is 0 Å². The third kappa shape index (κ3) is 6.66. The van der Waals surface area contributed by atoms with Crippen LogP contribution in [0.2, 0.25) is 0 Å². The van der Waals surface area contributed by atoms with Crippen LogP contribution in [0.4, 0.5) is 17.1 Å². The van der Waals surface area contributed by atoms with Gasteiger partial charge in [0.15, 0.2) is 0 Å². The molecule has 0 amide bonds. The van der Waals surface area contributed by atoms with Crippen molar-refractivity contribution in [2.75, 3.05) is 4.90 Å². The summed E-state index contributed by atoms with van der Waals surface area (Å²) >= 11 is 0. The summed E-state index contributed by atoms with van der Waals surface area (Å²) in [7, 11) is 0. The first-order valence-electron chi connectivity index (χ1n) is 19.6. The smallest absolute Gasteiger partial charge is 0.0462 e. The minimum absolute atomic E-state index is 1.10. The molecule has 1 nitrogen and oxygen atoms in total. The maximum Gasteiger partial charge on any atom is 0.0462 e. The summed E-state index contributed by atoms with van der Waals surface area (Å²) in [5.74, 6) is 0. The zero-order chi connectivity index (χ0) is 38.0. The Morgan fingerprint density at radius 3 is 1.09 bits per heavy atom. The zero-order valence-corrected chi connectivity index (χ0v) is 31.5.